The van der Waals surface area contributed by atoms with E-state index in [0.29, 0.717) is 11.4 Å². The van der Waals surface area contributed by atoms with Gasteiger partial charge in [-0.2, -0.15) is 5.10 Å². The summed E-state index contributed by atoms with van der Waals surface area (Å²) in [6.45, 7) is 0.182. The molecule has 0 radical (unpaired) electrons. The first-order chi connectivity index (χ1) is 14.9. The minimum absolute atomic E-state index is 0.0614. The number of pyridine rings is 1. The molecular weight excluding hydrogens is 404 g/mol. The molecule has 0 bridgehead atoms. The lowest BCUT2D eigenvalue weighted by Crippen LogP contribution is -2.48. The van der Waals surface area contributed by atoms with Gasteiger partial charge < -0.3 is 5.32 Å². The van der Waals surface area contributed by atoms with Gasteiger partial charge in [-0.1, -0.05) is 18.2 Å². The molecule has 1 aromatic carbocycles. The van der Waals surface area contributed by atoms with Crippen molar-refractivity contribution in [2.45, 2.75) is 24.9 Å². The summed E-state index contributed by atoms with van der Waals surface area (Å²) in [5, 5.41) is 6.72. The number of amides is 2. The third-order valence-electron chi connectivity index (χ3n) is 5.88. The van der Waals surface area contributed by atoms with Crippen LogP contribution in [0.4, 0.5) is 14.6 Å². The minimum atomic E-state index is -0.786. The molecule has 0 saturated heterocycles. The Balaban J connectivity index is 1.34. The number of anilines is 1. The first-order valence-corrected chi connectivity index (χ1v) is 9.93. The van der Waals surface area contributed by atoms with Crippen molar-refractivity contribution in [3.05, 3.63) is 77.2 Å². The second-order valence-corrected chi connectivity index (χ2v) is 7.92. The summed E-state index contributed by atoms with van der Waals surface area (Å²) < 4.78 is 28.8. The van der Waals surface area contributed by atoms with Crippen molar-refractivity contribution >= 4 is 17.6 Å². The zero-order valence-corrected chi connectivity index (χ0v) is 16.6. The van der Waals surface area contributed by atoms with Gasteiger partial charge in [0.05, 0.1) is 12.7 Å². The summed E-state index contributed by atoms with van der Waals surface area (Å²) in [6, 6.07) is 8.72. The number of hydrogen-bond acceptors (Lipinski definition) is 4. The molecule has 5 rings (SSSR count). The average molecular weight is 423 g/mol. The van der Waals surface area contributed by atoms with E-state index >= 15 is 0 Å². The molecule has 9 heteroatoms. The summed E-state index contributed by atoms with van der Waals surface area (Å²) in [5.41, 5.74) is 1.31. The van der Waals surface area contributed by atoms with E-state index in [4.69, 9.17) is 0 Å². The van der Waals surface area contributed by atoms with Crippen LogP contribution >= 0.6 is 0 Å². The zero-order valence-electron chi connectivity index (χ0n) is 16.6. The third-order valence-corrected chi connectivity index (χ3v) is 5.88. The normalized spacial score (nSPS) is 21.8. The lowest BCUT2D eigenvalue weighted by molar-refractivity contribution is -0.120. The van der Waals surface area contributed by atoms with E-state index in [2.05, 4.69) is 15.4 Å². The fraction of sp³-hybridized carbons (Fsp3) is 0.273. The molecule has 1 fully saturated rings. The number of fused-ring (bicyclic) bond motifs is 3. The number of carbonyl (C=O) groups is 2. The second-order valence-electron chi connectivity index (χ2n) is 7.92. The molecule has 2 aliphatic rings. The second kappa shape index (κ2) is 7.26. The Morgan fingerprint density at radius 3 is 2.77 bits per heavy atom. The van der Waals surface area contributed by atoms with Crippen LogP contribution in [-0.4, -0.2) is 39.7 Å². The number of likely N-dealkylation sites (N-methyl/N-ethyl adjacent to an activating group) is 1. The van der Waals surface area contributed by atoms with Crippen molar-refractivity contribution in [3.63, 3.8) is 0 Å². The highest BCUT2D eigenvalue weighted by atomic mass is 19.1. The Bertz CT molecular complexity index is 1180. The number of rotatable bonds is 4. The van der Waals surface area contributed by atoms with E-state index in [1.807, 2.05) is 12.1 Å². The SMILES string of the molecule is CN1C(=O)[C@H](NC(=O)c2nn(Cc3ccc(F)cc3)cc2F)C2C[C@@H]2c2cccnc21. The van der Waals surface area contributed by atoms with Crippen LogP contribution in [0.15, 0.2) is 48.8 Å². The van der Waals surface area contributed by atoms with E-state index in [9.17, 15) is 18.4 Å². The lowest BCUT2D eigenvalue weighted by atomic mass is 10.1. The molecule has 158 valence electrons. The van der Waals surface area contributed by atoms with E-state index in [1.165, 1.54) is 21.7 Å². The molecule has 1 aliphatic heterocycles. The maximum Gasteiger partial charge on any atom is 0.275 e. The van der Waals surface area contributed by atoms with Crippen LogP contribution in [0, 0.1) is 17.6 Å². The van der Waals surface area contributed by atoms with E-state index in [-0.39, 0.29) is 35.8 Å². The molecule has 7 nitrogen and oxygen atoms in total. The van der Waals surface area contributed by atoms with Crippen LogP contribution < -0.4 is 10.2 Å². The molecule has 0 spiro atoms. The molecule has 3 heterocycles. The van der Waals surface area contributed by atoms with Crippen LogP contribution in [0.1, 0.15) is 34.0 Å². The van der Waals surface area contributed by atoms with Gasteiger partial charge in [0, 0.05) is 13.2 Å². The maximum atomic E-state index is 14.4. The van der Waals surface area contributed by atoms with Crippen LogP contribution in [-0.2, 0) is 11.3 Å². The number of hydrogen-bond donors (Lipinski definition) is 1. The number of nitrogens with one attached hydrogen (secondary N) is 1. The van der Waals surface area contributed by atoms with Crippen LogP contribution in [0.25, 0.3) is 0 Å². The summed E-state index contributed by atoms with van der Waals surface area (Å²) >= 11 is 0. The van der Waals surface area contributed by atoms with Crippen LogP contribution in [0.3, 0.4) is 0 Å². The molecule has 2 amide bonds. The van der Waals surface area contributed by atoms with Gasteiger partial charge in [-0.25, -0.2) is 13.8 Å². The number of benzene rings is 1. The highest BCUT2D eigenvalue weighted by molar-refractivity contribution is 6.02. The Hall–Kier alpha value is -3.62. The van der Waals surface area contributed by atoms with Gasteiger partial charge in [0.25, 0.3) is 11.8 Å². The van der Waals surface area contributed by atoms with Gasteiger partial charge in [-0.15, -0.1) is 0 Å². The Labute approximate surface area is 176 Å². The van der Waals surface area contributed by atoms with Gasteiger partial charge in [0.1, 0.15) is 17.7 Å². The van der Waals surface area contributed by atoms with Gasteiger partial charge in [0.2, 0.25) is 0 Å². The molecule has 3 aromatic rings. The van der Waals surface area contributed by atoms with Crippen molar-refractivity contribution in [2.24, 2.45) is 5.92 Å². The first kappa shape index (κ1) is 19.3. The molecule has 2 aromatic heterocycles. The highest BCUT2D eigenvalue weighted by Gasteiger charge is 2.52. The Morgan fingerprint density at radius 1 is 1.23 bits per heavy atom. The number of carbonyl (C=O) groups excluding carboxylic acids is 2. The van der Waals surface area contributed by atoms with E-state index in [0.717, 1.165) is 18.2 Å². The van der Waals surface area contributed by atoms with Gasteiger partial charge in [0.15, 0.2) is 11.5 Å². The fourth-order valence-electron chi connectivity index (χ4n) is 4.20. The van der Waals surface area contributed by atoms with Crippen LogP contribution in [0.5, 0.6) is 0 Å². The quantitative estimate of drug-likeness (QED) is 0.699. The number of aromatic nitrogens is 3. The molecule has 3 atom stereocenters. The smallest absolute Gasteiger partial charge is 0.275 e. The molecule has 31 heavy (non-hydrogen) atoms. The molecule has 1 unspecified atom stereocenters. The van der Waals surface area contributed by atoms with Crippen molar-refractivity contribution in [1.29, 1.82) is 0 Å². The topological polar surface area (TPSA) is 80.1 Å². The maximum absolute atomic E-state index is 14.4. The Kier molecular flexibility index (Phi) is 4.53. The Morgan fingerprint density at radius 2 is 2.00 bits per heavy atom. The molecule has 1 saturated carbocycles. The van der Waals surface area contributed by atoms with Crippen molar-refractivity contribution in [2.75, 3.05) is 11.9 Å². The molecule has 1 N–H and O–H groups in total. The number of halogens is 2. The standard InChI is InChI=1S/C22H19F2N5O2/c1-28-20-14(3-2-8-25-20)15-9-16(15)18(22(28)31)26-21(30)19-17(24)11-29(27-19)10-12-4-6-13(23)7-5-12/h2-8,11,15-16,18H,9-10H2,1H3,(H,26,30)/t15-,16?,18-/m1/s1. The predicted molar refractivity (Wildman–Crippen MR) is 107 cm³/mol. The summed E-state index contributed by atoms with van der Waals surface area (Å²) in [7, 11) is 1.62. The monoisotopic (exact) mass is 423 g/mol. The zero-order chi connectivity index (χ0) is 21.7. The minimum Gasteiger partial charge on any atom is -0.338 e. The fourth-order valence-corrected chi connectivity index (χ4v) is 4.20. The lowest BCUT2D eigenvalue weighted by Gasteiger charge is -2.22. The largest absolute Gasteiger partial charge is 0.338 e. The van der Waals surface area contributed by atoms with Crippen molar-refractivity contribution in [3.8, 4) is 0 Å². The van der Waals surface area contributed by atoms with Crippen molar-refractivity contribution in [1.82, 2.24) is 20.1 Å². The average Bonchev–Trinajstić information content (AvgIpc) is 3.48. The first-order valence-electron chi connectivity index (χ1n) is 9.93. The number of nitrogens with zero attached hydrogens (tertiary/aromatic N) is 4. The highest BCUT2D eigenvalue weighted by Crippen LogP contribution is 2.53. The van der Waals surface area contributed by atoms with E-state index < -0.39 is 17.8 Å². The summed E-state index contributed by atoms with van der Waals surface area (Å²) in [4.78, 5) is 31.5. The van der Waals surface area contributed by atoms with Crippen LogP contribution in [0.2, 0.25) is 0 Å². The summed E-state index contributed by atoms with van der Waals surface area (Å²) in [6.07, 6.45) is 3.49. The van der Waals surface area contributed by atoms with Crippen molar-refractivity contribution < 1.29 is 18.4 Å². The van der Waals surface area contributed by atoms with E-state index in [1.54, 1.807) is 25.4 Å². The van der Waals surface area contributed by atoms with Gasteiger partial charge in [-0.05, 0) is 47.6 Å². The molecular formula is C22H19F2N5O2. The third kappa shape index (κ3) is 3.45. The summed E-state index contributed by atoms with van der Waals surface area (Å²) in [5.74, 6) is -1.53. The van der Waals surface area contributed by atoms with Gasteiger partial charge >= 0.3 is 0 Å². The van der Waals surface area contributed by atoms with Gasteiger partial charge in [-0.3, -0.25) is 19.2 Å². The molecule has 1 aliphatic carbocycles. The predicted octanol–water partition coefficient (Wildman–Crippen LogP) is 2.48.